The van der Waals surface area contributed by atoms with Crippen molar-refractivity contribution in [3.05, 3.63) is 53.3 Å². The van der Waals surface area contributed by atoms with Crippen LogP contribution in [0.25, 0.3) is 0 Å². The van der Waals surface area contributed by atoms with Crippen molar-refractivity contribution in [1.82, 2.24) is 10.6 Å². The number of hydrogen-bond donors (Lipinski definition) is 2. The Morgan fingerprint density at radius 3 is 2.37 bits per heavy atom. The Balaban J connectivity index is 0.00000450. The number of nitrogens with one attached hydrogen (secondary N) is 2. The molecule has 0 heterocycles. The van der Waals surface area contributed by atoms with E-state index in [-0.39, 0.29) is 42.1 Å². The highest BCUT2D eigenvalue weighted by Crippen LogP contribution is 2.25. The molecule has 0 saturated heterocycles. The van der Waals surface area contributed by atoms with Gasteiger partial charge in [-0.25, -0.2) is 4.39 Å². The van der Waals surface area contributed by atoms with Crippen molar-refractivity contribution in [1.29, 1.82) is 0 Å². The van der Waals surface area contributed by atoms with Crippen LogP contribution in [0.4, 0.5) is 18.9 Å². The van der Waals surface area contributed by atoms with Gasteiger partial charge in [0, 0.05) is 39.8 Å². The maximum Gasteiger partial charge on any atom is 0.387 e. The molecule has 0 fully saturated rings. The molecule has 0 radical (unpaired) electrons. The molecule has 166 valence electrons. The van der Waals surface area contributed by atoms with E-state index < -0.39 is 6.61 Å². The first-order valence-electron chi connectivity index (χ1n) is 8.86. The summed E-state index contributed by atoms with van der Waals surface area (Å²) in [6, 6.07) is 9.54. The number of rotatable bonds is 8. The fourth-order valence-electron chi connectivity index (χ4n) is 2.64. The Kier molecular flexibility index (Phi) is 10.6. The maximum atomic E-state index is 14.1. The lowest BCUT2D eigenvalue weighted by Gasteiger charge is -2.16. The molecule has 2 rings (SSSR count). The number of benzene rings is 2. The van der Waals surface area contributed by atoms with Gasteiger partial charge in [0.1, 0.15) is 17.3 Å². The largest absolute Gasteiger partial charge is 0.497 e. The lowest BCUT2D eigenvalue weighted by atomic mass is 10.2. The normalized spacial score (nSPS) is 11.0. The number of hydrogen-bond acceptors (Lipinski definition) is 4. The van der Waals surface area contributed by atoms with Crippen molar-refractivity contribution >= 4 is 35.6 Å². The van der Waals surface area contributed by atoms with Gasteiger partial charge >= 0.3 is 6.61 Å². The molecule has 0 aliphatic heterocycles. The smallest absolute Gasteiger partial charge is 0.387 e. The Hall–Kier alpha value is -2.37. The van der Waals surface area contributed by atoms with E-state index in [0.717, 1.165) is 5.56 Å². The third-order valence-electron chi connectivity index (χ3n) is 4.11. The van der Waals surface area contributed by atoms with Crippen molar-refractivity contribution in [3.63, 3.8) is 0 Å². The van der Waals surface area contributed by atoms with Gasteiger partial charge < -0.3 is 25.0 Å². The lowest BCUT2D eigenvalue weighted by Crippen LogP contribution is -2.36. The zero-order chi connectivity index (χ0) is 21.4. The molecule has 0 saturated carbocycles. The Bertz CT molecular complexity index is 851. The second-order valence-corrected chi connectivity index (χ2v) is 6.31. The number of anilines is 1. The van der Waals surface area contributed by atoms with Crippen molar-refractivity contribution in [3.8, 4) is 11.5 Å². The predicted molar refractivity (Wildman–Crippen MR) is 123 cm³/mol. The number of aliphatic imine (C=N–C) groups is 1. The average molecular weight is 538 g/mol. The fraction of sp³-hybridized carbons (Fsp3) is 0.350. The highest BCUT2D eigenvalue weighted by molar-refractivity contribution is 14.0. The first-order valence-corrected chi connectivity index (χ1v) is 8.86. The third-order valence-corrected chi connectivity index (χ3v) is 4.11. The minimum atomic E-state index is -2.93. The summed E-state index contributed by atoms with van der Waals surface area (Å²) in [6.07, 6.45) is 0. The number of alkyl halides is 2. The van der Waals surface area contributed by atoms with Crippen molar-refractivity contribution in [2.45, 2.75) is 19.7 Å². The molecule has 0 amide bonds. The van der Waals surface area contributed by atoms with E-state index in [9.17, 15) is 13.2 Å². The van der Waals surface area contributed by atoms with Gasteiger partial charge in [-0.2, -0.15) is 8.78 Å². The number of methoxy groups -OCH3 is 1. The van der Waals surface area contributed by atoms with E-state index in [1.54, 1.807) is 44.2 Å². The van der Waals surface area contributed by atoms with Crippen LogP contribution in [0.2, 0.25) is 0 Å². The molecular weight excluding hydrogens is 512 g/mol. The standard InChI is InChI=1S/C20H25F3N4O2.HI/c1-24-20(25-11-13-5-7-17(27(2)3)16(21)9-13)26-12-14-10-15(28-4)6-8-18(14)29-19(22)23;/h5-10,19H,11-12H2,1-4H3,(H2,24,25,26);1H. The van der Waals surface area contributed by atoms with Gasteiger partial charge in [-0.05, 0) is 35.9 Å². The molecule has 0 bridgehead atoms. The summed E-state index contributed by atoms with van der Waals surface area (Å²) in [4.78, 5) is 5.79. The summed E-state index contributed by atoms with van der Waals surface area (Å²) >= 11 is 0. The van der Waals surface area contributed by atoms with E-state index >= 15 is 0 Å². The van der Waals surface area contributed by atoms with Gasteiger partial charge in [-0.1, -0.05) is 6.07 Å². The van der Waals surface area contributed by atoms with Crippen LogP contribution in [0.5, 0.6) is 11.5 Å². The molecule has 0 aliphatic rings. The summed E-state index contributed by atoms with van der Waals surface area (Å²) in [5, 5.41) is 6.08. The molecule has 0 unspecified atom stereocenters. The summed E-state index contributed by atoms with van der Waals surface area (Å²) in [7, 11) is 6.61. The first-order chi connectivity index (χ1) is 13.8. The monoisotopic (exact) mass is 538 g/mol. The Labute approximate surface area is 191 Å². The van der Waals surface area contributed by atoms with Crippen LogP contribution in [0.3, 0.4) is 0 Å². The van der Waals surface area contributed by atoms with Crippen LogP contribution in [-0.4, -0.2) is 40.8 Å². The maximum absolute atomic E-state index is 14.1. The molecule has 6 nitrogen and oxygen atoms in total. The molecule has 0 spiro atoms. The quantitative estimate of drug-likeness (QED) is 0.303. The summed E-state index contributed by atoms with van der Waals surface area (Å²) < 4.78 is 49.0. The Morgan fingerprint density at radius 1 is 1.10 bits per heavy atom. The number of guanidine groups is 1. The van der Waals surface area contributed by atoms with Gasteiger partial charge in [0.15, 0.2) is 5.96 Å². The molecular formula is C20H26F3IN4O2. The summed E-state index contributed by atoms with van der Waals surface area (Å²) in [5.41, 5.74) is 1.72. The zero-order valence-electron chi connectivity index (χ0n) is 17.2. The van der Waals surface area contributed by atoms with E-state index in [2.05, 4.69) is 20.4 Å². The average Bonchev–Trinajstić information content (AvgIpc) is 2.68. The highest BCUT2D eigenvalue weighted by Gasteiger charge is 2.12. The predicted octanol–water partition coefficient (Wildman–Crippen LogP) is 3.98. The van der Waals surface area contributed by atoms with Crippen LogP contribution in [0.15, 0.2) is 41.4 Å². The van der Waals surface area contributed by atoms with Gasteiger partial charge in [-0.3, -0.25) is 4.99 Å². The SMILES string of the molecule is CN=C(NCc1ccc(N(C)C)c(F)c1)NCc1cc(OC)ccc1OC(F)F.I. The molecule has 2 N–H and O–H groups in total. The molecule has 0 aromatic heterocycles. The van der Waals surface area contributed by atoms with E-state index in [0.29, 0.717) is 29.5 Å². The summed E-state index contributed by atoms with van der Waals surface area (Å²) in [6.45, 7) is -2.42. The van der Waals surface area contributed by atoms with E-state index in [4.69, 9.17) is 4.74 Å². The van der Waals surface area contributed by atoms with Gasteiger partial charge in [0.2, 0.25) is 0 Å². The molecule has 10 heteroatoms. The van der Waals surface area contributed by atoms with Gasteiger partial charge in [0.25, 0.3) is 0 Å². The molecule has 2 aromatic rings. The van der Waals surface area contributed by atoms with E-state index in [1.807, 2.05) is 6.07 Å². The first kappa shape index (κ1) is 25.7. The second kappa shape index (κ2) is 12.4. The van der Waals surface area contributed by atoms with Crippen molar-refractivity contribution < 1.29 is 22.6 Å². The van der Waals surface area contributed by atoms with Crippen molar-refractivity contribution in [2.75, 3.05) is 33.2 Å². The molecule has 0 aliphatic carbocycles. The number of nitrogens with zero attached hydrogens (tertiary/aromatic N) is 2. The molecule has 0 atom stereocenters. The van der Waals surface area contributed by atoms with Gasteiger partial charge in [-0.15, -0.1) is 24.0 Å². The topological polar surface area (TPSA) is 58.1 Å². The van der Waals surface area contributed by atoms with Crippen LogP contribution in [0.1, 0.15) is 11.1 Å². The van der Waals surface area contributed by atoms with Crippen molar-refractivity contribution in [2.24, 2.45) is 4.99 Å². The summed E-state index contributed by atoms with van der Waals surface area (Å²) in [5.74, 6) is 0.670. The highest BCUT2D eigenvalue weighted by atomic mass is 127. The third kappa shape index (κ3) is 7.47. The Morgan fingerprint density at radius 2 is 1.80 bits per heavy atom. The number of halogens is 4. The molecule has 30 heavy (non-hydrogen) atoms. The van der Waals surface area contributed by atoms with Gasteiger partial charge in [0.05, 0.1) is 12.8 Å². The van der Waals surface area contributed by atoms with Crippen LogP contribution in [-0.2, 0) is 13.1 Å². The fourth-order valence-corrected chi connectivity index (χ4v) is 2.64. The lowest BCUT2D eigenvalue weighted by molar-refractivity contribution is -0.0505. The minimum absolute atomic E-state index is 0. The minimum Gasteiger partial charge on any atom is -0.497 e. The number of ether oxygens (including phenoxy) is 2. The zero-order valence-corrected chi connectivity index (χ0v) is 19.5. The van der Waals surface area contributed by atoms with E-state index in [1.165, 1.54) is 19.2 Å². The van der Waals surface area contributed by atoms with Crippen LogP contribution >= 0.6 is 24.0 Å². The van der Waals surface area contributed by atoms with Crippen LogP contribution < -0.4 is 25.0 Å². The van der Waals surface area contributed by atoms with Crippen LogP contribution in [0, 0.1) is 5.82 Å². The molecule has 2 aromatic carbocycles. The second-order valence-electron chi connectivity index (χ2n) is 6.31.